The Kier molecular flexibility index (Phi) is 3.76. The number of rotatable bonds is 4. The van der Waals surface area contributed by atoms with Crippen LogP contribution in [0.25, 0.3) is 0 Å². The van der Waals surface area contributed by atoms with Crippen molar-refractivity contribution in [3.63, 3.8) is 0 Å². The summed E-state index contributed by atoms with van der Waals surface area (Å²) in [6, 6.07) is 2.62. The minimum atomic E-state index is -1.14. The van der Waals surface area contributed by atoms with Crippen LogP contribution in [0.15, 0.2) is 12.1 Å². The number of benzene rings is 1. The van der Waals surface area contributed by atoms with Crippen LogP contribution in [0.3, 0.4) is 0 Å². The van der Waals surface area contributed by atoms with Crippen molar-refractivity contribution >= 4 is 23.3 Å². The third-order valence-corrected chi connectivity index (χ3v) is 1.95. The number of aliphatic carboxylic acids is 1. The Hall–Kier alpha value is -2.44. The number of methoxy groups -OCH3 is 1. The van der Waals surface area contributed by atoms with Crippen LogP contribution in [0.5, 0.6) is 5.75 Å². The zero-order chi connectivity index (χ0) is 13.0. The van der Waals surface area contributed by atoms with Gasteiger partial charge in [-0.25, -0.2) is 9.59 Å². The maximum absolute atomic E-state index is 11.3. The summed E-state index contributed by atoms with van der Waals surface area (Å²) in [5.41, 5.74) is 11.4. The molecule has 0 saturated carbocycles. The number of carbonyl (C=O) groups is 2. The number of nitrogens with two attached hydrogens (primary N) is 2. The molecule has 0 radical (unpaired) electrons. The smallest absolute Gasteiger partial charge is 0.341 e. The first kappa shape index (κ1) is 12.6. The summed E-state index contributed by atoms with van der Waals surface area (Å²) in [6.45, 7) is -0.538. The number of carboxylic acid groups (broad SMARTS) is 1. The highest BCUT2D eigenvalue weighted by molar-refractivity contribution is 5.98. The lowest BCUT2D eigenvalue weighted by atomic mass is 10.1. The van der Waals surface area contributed by atoms with E-state index in [4.69, 9.17) is 21.3 Å². The minimum absolute atomic E-state index is 0.0351. The van der Waals surface area contributed by atoms with Crippen molar-refractivity contribution in [1.29, 1.82) is 0 Å². The van der Waals surface area contributed by atoms with Gasteiger partial charge in [-0.1, -0.05) is 0 Å². The predicted octanol–water partition coefficient (Wildman–Crippen LogP) is 0.101. The van der Waals surface area contributed by atoms with Crippen LogP contribution < -0.4 is 16.2 Å². The van der Waals surface area contributed by atoms with Gasteiger partial charge in [-0.3, -0.25) is 0 Å². The van der Waals surface area contributed by atoms with Gasteiger partial charge in [0.05, 0.1) is 24.0 Å². The highest BCUT2D eigenvalue weighted by Crippen LogP contribution is 2.27. The van der Waals surface area contributed by atoms with E-state index in [0.717, 1.165) is 0 Å². The van der Waals surface area contributed by atoms with Gasteiger partial charge in [-0.2, -0.15) is 0 Å². The molecule has 0 atom stereocenters. The van der Waals surface area contributed by atoms with Crippen LogP contribution in [-0.4, -0.2) is 30.8 Å². The van der Waals surface area contributed by atoms with Crippen LogP contribution >= 0.6 is 0 Å². The van der Waals surface area contributed by atoms with Crippen LogP contribution in [0.4, 0.5) is 11.4 Å². The summed E-state index contributed by atoms with van der Waals surface area (Å²) in [7, 11) is 1.20. The Balaban J connectivity index is 3.05. The molecule has 7 nitrogen and oxygen atoms in total. The molecule has 0 saturated heterocycles. The molecule has 0 spiro atoms. The summed E-state index contributed by atoms with van der Waals surface area (Å²) >= 11 is 0. The molecule has 5 N–H and O–H groups in total. The van der Waals surface area contributed by atoms with Gasteiger partial charge in [0, 0.05) is 6.07 Å². The summed E-state index contributed by atoms with van der Waals surface area (Å²) in [6.07, 6.45) is 0. The molecule has 0 aromatic heterocycles. The Labute approximate surface area is 96.9 Å². The maximum atomic E-state index is 11.3. The van der Waals surface area contributed by atoms with Gasteiger partial charge >= 0.3 is 11.9 Å². The molecule has 0 amide bonds. The van der Waals surface area contributed by atoms with Crippen molar-refractivity contribution in [2.24, 2.45) is 0 Å². The lowest BCUT2D eigenvalue weighted by Crippen LogP contribution is -2.12. The second-order valence-electron chi connectivity index (χ2n) is 3.15. The van der Waals surface area contributed by atoms with Gasteiger partial charge in [0.2, 0.25) is 0 Å². The lowest BCUT2D eigenvalue weighted by Gasteiger charge is -2.10. The standard InChI is InChI=1S/C10H12N2O5/c1-16-10(15)6-2-5(17-4-8(13)14)3-7(11)9(6)12/h2-3H,4,11-12H2,1H3,(H,13,14). The van der Waals surface area contributed by atoms with Gasteiger partial charge < -0.3 is 26.0 Å². The zero-order valence-corrected chi connectivity index (χ0v) is 9.10. The van der Waals surface area contributed by atoms with Gasteiger partial charge in [0.1, 0.15) is 5.75 Å². The predicted molar refractivity (Wildman–Crippen MR) is 59.7 cm³/mol. The van der Waals surface area contributed by atoms with Gasteiger partial charge in [0.15, 0.2) is 6.61 Å². The van der Waals surface area contributed by atoms with E-state index in [0.29, 0.717) is 0 Å². The van der Waals surface area contributed by atoms with E-state index >= 15 is 0 Å². The van der Waals surface area contributed by atoms with E-state index in [-0.39, 0.29) is 22.7 Å². The van der Waals surface area contributed by atoms with Crippen molar-refractivity contribution in [3.05, 3.63) is 17.7 Å². The summed E-state index contributed by atoms with van der Waals surface area (Å²) < 4.78 is 9.40. The van der Waals surface area contributed by atoms with Crippen LogP contribution in [0.1, 0.15) is 10.4 Å². The number of anilines is 2. The number of carboxylic acids is 1. The average molecular weight is 240 g/mol. The monoisotopic (exact) mass is 240 g/mol. The van der Waals surface area contributed by atoms with E-state index in [2.05, 4.69) is 4.74 Å². The Morgan fingerprint density at radius 3 is 2.53 bits per heavy atom. The van der Waals surface area contributed by atoms with Crippen molar-refractivity contribution in [2.75, 3.05) is 25.2 Å². The average Bonchev–Trinajstić information content (AvgIpc) is 2.29. The molecule has 0 aliphatic rings. The highest BCUT2D eigenvalue weighted by Gasteiger charge is 2.15. The number of ether oxygens (including phenoxy) is 2. The van der Waals surface area contributed by atoms with Crippen molar-refractivity contribution < 1.29 is 24.2 Å². The second kappa shape index (κ2) is 5.06. The van der Waals surface area contributed by atoms with Gasteiger partial charge in [0.25, 0.3) is 0 Å². The molecule has 0 unspecified atom stereocenters. The number of hydrogen-bond donors (Lipinski definition) is 3. The van der Waals surface area contributed by atoms with Gasteiger partial charge in [-0.15, -0.1) is 0 Å². The largest absolute Gasteiger partial charge is 0.482 e. The number of carbonyl (C=O) groups excluding carboxylic acids is 1. The van der Waals surface area contributed by atoms with E-state index in [1.807, 2.05) is 0 Å². The molecule has 0 bridgehead atoms. The minimum Gasteiger partial charge on any atom is -0.482 e. The fraction of sp³-hybridized carbons (Fsp3) is 0.200. The molecule has 0 aliphatic carbocycles. The molecule has 0 fully saturated rings. The Morgan fingerprint density at radius 2 is 2.00 bits per heavy atom. The third kappa shape index (κ3) is 3.00. The van der Waals surface area contributed by atoms with Crippen LogP contribution in [0, 0.1) is 0 Å². The lowest BCUT2D eigenvalue weighted by molar-refractivity contribution is -0.139. The molecule has 92 valence electrons. The van der Waals surface area contributed by atoms with E-state index in [1.165, 1.54) is 19.2 Å². The van der Waals surface area contributed by atoms with Crippen molar-refractivity contribution in [2.45, 2.75) is 0 Å². The summed E-state index contributed by atoms with van der Waals surface area (Å²) in [5.74, 6) is -1.67. The quantitative estimate of drug-likeness (QED) is 0.503. The first-order valence-corrected chi connectivity index (χ1v) is 4.57. The SMILES string of the molecule is COC(=O)c1cc(OCC(=O)O)cc(N)c1N. The molecule has 1 aromatic rings. The number of nitrogen functional groups attached to an aromatic ring is 2. The molecular weight excluding hydrogens is 228 g/mol. The summed E-state index contributed by atoms with van der Waals surface area (Å²) in [5, 5.41) is 8.45. The fourth-order valence-electron chi connectivity index (χ4n) is 1.16. The normalized spacial score (nSPS) is 9.71. The van der Waals surface area contributed by atoms with E-state index < -0.39 is 18.5 Å². The molecule has 0 aliphatic heterocycles. The van der Waals surface area contributed by atoms with Crippen LogP contribution in [-0.2, 0) is 9.53 Å². The summed E-state index contributed by atoms with van der Waals surface area (Å²) in [4.78, 5) is 21.7. The molecule has 7 heteroatoms. The first-order chi connectivity index (χ1) is 7.95. The number of hydrogen-bond acceptors (Lipinski definition) is 6. The third-order valence-electron chi connectivity index (χ3n) is 1.95. The second-order valence-corrected chi connectivity index (χ2v) is 3.15. The molecule has 0 heterocycles. The highest BCUT2D eigenvalue weighted by atomic mass is 16.5. The molecule has 1 aromatic carbocycles. The van der Waals surface area contributed by atoms with Crippen LogP contribution in [0.2, 0.25) is 0 Å². The first-order valence-electron chi connectivity index (χ1n) is 4.57. The molecule has 17 heavy (non-hydrogen) atoms. The maximum Gasteiger partial charge on any atom is 0.341 e. The van der Waals surface area contributed by atoms with E-state index in [1.54, 1.807) is 0 Å². The fourth-order valence-corrected chi connectivity index (χ4v) is 1.16. The van der Waals surface area contributed by atoms with Gasteiger partial charge in [-0.05, 0) is 6.07 Å². The zero-order valence-electron chi connectivity index (χ0n) is 9.10. The molecule has 1 rings (SSSR count). The van der Waals surface area contributed by atoms with Crippen molar-refractivity contribution in [3.8, 4) is 5.75 Å². The van der Waals surface area contributed by atoms with E-state index in [9.17, 15) is 9.59 Å². The number of esters is 1. The van der Waals surface area contributed by atoms with Crippen molar-refractivity contribution in [1.82, 2.24) is 0 Å². The Bertz CT molecular complexity index is 458. The topological polar surface area (TPSA) is 125 Å². The molecular formula is C10H12N2O5. The Morgan fingerprint density at radius 1 is 1.35 bits per heavy atom.